The minimum atomic E-state index is 0.0202. The minimum Gasteiger partial charge on any atom is -0.337 e. The summed E-state index contributed by atoms with van der Waals surface area (Å²) in [6.07, 6.45) is 3.74. The molecule has 1 N–H and O–H groups in total. The van der Waals surface area contributed by atoms with Crippen molar-refractivity contribution in [1.29, 1.82) is 0 Å². The number of amides is 2. The standard InChI is InChI=1S/C24H29N3O2S/c28-23-11-17-30-22-10-9-20(18-21(22)25-23)24(29)27-14-5-13-26(15-16-27)12-4-8-19-6-2-1-3-7-19/h1-3,6-7,9-10,18H,4-5,8,11-17H2,(H,25,28). The fourth-order valence-corrected chi connectivity index (χ4v) is 5.02. The lowest BCUT2D eigenvalue weighted by atomic mass is 10.1. The number of thioether (sulfide) groups is 1. The first-order valence-electron chi connectivity index (χ1n) is 10.8. The van der Waals surface area contributed by atoms with E-state index in [0.717, 1.165) is 68.3 Å². The van der Waals surface area contributed by atoms with Crippen molar-refractivity contribution in [1.82, 2.24) is 9.80 Å². The molecule has 0 radical (unpaired) electrons. The molecule has 0 atom stereocenters. The molecule has 2 aromatic carbocycles. The van der Waals surface area contributed by atoms with Gasteiger partial charge in [0.05, 0.1) is 5.69 Å². The van der Waals surface area contributed by atoms with Gasteiger partial charge in [-0.25, -0.2) is 0 Å². The number of aryl methyl sites for hydroxylation is 1. The number of nitrogens with one attached hydrogen (secondary N) is 1. The van der Waals surface area contributed by atoms with E-state index in [-0.39, 0.29) is 11.8 Å². The van der Waals surface area contributed by atoms with Gasteiger partial charge in [-0.1, -0.05) is 30.3 Å². The Balaban J connectivity index is 1.32. The third kappa shape index (κ3) is 5.43. The van der Waals surface area contributed by atoms with Crippen molar-refractivity contribution in [2.45, 2.75) is 30.6 Å². The summed E-state index contributed by atoms with van der Waals surface area (Å²) in [5.41, 5.74) is 2.82. The molecule has 0 unspecified atom stereocenters. The summed E-state index contributed by atoms with van der Waals surface area (Å²) in [6.45, 7) is 4.56. The van der Waals surface area contributed by atoms with Crippen LogP contribution in [0.25, 0.3) is 0 Å². The molecule has 5 nitrogen and oxygen atoms in total. The number of fused-ring (bicyclic) bond motifs is 1. The number of benzene rings is 2. The normalized spacial score (nSPS) is 17.6. The van der Waals surface area contributed by atoms with E-state index in [1.165, 1.54) is 5.56 Å². The van der Waals surface area contributed by atoms with Gasteiger partial charge in [0, 0.05) is 42.3 Å². The Kier molecular flexibility index (Phi) is 7.07. The third-order valence-electron chi connectivity index (χ3n) is 5.75. The van der Waals surface area contributed by atoms with Crippen molar-refractivity contribution < 1.29 is 9.59 Å². The lowest BCUT2D eigenvalue weighted by molar-refractivity contribution is -0.115. The Bertz CT molecular complexity index is 887. The lowest BCUT2D eigenvalue weighted by Crippen LogP contribution is -2.35. The summed E-state index contributed by atoms with van der Waals surface area (Å²) in [7, 11) is 0. The van der Waals surface area contributed by atoms with Crippen LogP contribution in [0.1, 0.15) is 35.2 Å². The fraction of sp³-hybridized carbons (Fsp3) is 0.417. The van der Waals surface area contributed by atoms with Crippen molar-refractivity contribution in [2.75, 3.05) is 43.8 Å². The Morgan fingerprint density at radius 1 is 1.03 bits per heavy atom. The summed E-state index contributed by atoms with van der Waals surface area (Å²) < 4.78 is 0. The summed E-state index contributed by atoms with van der Waals surface area (Å²) in [5.74, 6) is 0.859. The molecule has 1 fully saturated rings. The largest absolute Gasteiger partial charge is 0.337 e. The van der Waals surface area contributed by atoms with Crippen LogP contribution in [-0.2, 0) is 11.2 Å². The minimum absolute atomic E-state index is 0.0202. The maximum atomic E-state index is 13.1. The van der Waals surface area contributed by atoms with Gasteiger partial charge in [-0.3, -0.25) is 9.59 Å². The summed E-state index contributed by atoms with van der Waals surface area (Å²) in [5, 5.41) is 2.94. The second-order valence-electron chi connectivity index (χ2n) is 7.93. The van der Waals surface area contributed by atoms with Crippen LogP contribution in [0.2, 0.25) is 0 Å². The van der Waals surface area contributed by atoms with Gasteiger partial charge in [-0.05, 0) is 56.1 Å². The molecule has 4 rings (SSSR count). The van der Waals surface area contributed by atoms with E-state index in [1.54, 1.807) is 11.8 Å². The van der Waals surface area contributed by atoms with Crippen LogP contribution in [0.15, 0.2) is 53.4 Å². The van der Waals surface area contributed by atoms with Gasteiger partial charge >= 0.3 is 0 Å². The van der Waals surface area contributed by atoms with Crippen LogP contribution < -0.4 is 5.32 Å². The van der Waals surface area contributed by atoms with E-state index >= 15 is 0 Å². The number of nitrogens with zero attached hydrogens (tertiary/aromatic N) is 2. The predicted octanol–water partition coefficient (Wildman–Crippen LogP) is 3.90. The molecule has 158 valence electrons. The highest BCUT2D eigenvalue weighted by atomic mass is 32.2. The quantitative estimate of drug-likeness (QED) is 0.792. The maximum Gasteiger partial charge on any atom is 0.253 e. The Morgan fingerprint density at radius 3 is 2.77 bits per heavy atom. The summed E-state index contributed by atoms with van der Waals surface area (Å²) in [6, 6.07) is 16.3. The van der Waals surface area contributed by atoms with Gasteiger partial charge in [-0.2, -0.15) is 0 Å². The van der Waals surface area contributed by atoms with Gasteiger partial charge in [0.1, 0.15) is 0 Å². The van der Waals surface area contributed by atoms with Crippen molar-refractivity contribution in [3.05, 3.63) is 59.7 Å². The molecule has 2 aromatic rings. The Labute approximate surface area is 182 Å². The molecule has 6 heteroatoms. The first-order valence-corrected chi connectivity index (χ1v) is 11.8. The van der Waals surface area contributed by atoms with Gasteiger partial charge in [0.25, 0.3) is 5.91 Å². The molecule has 1 saturated heterocycles. The van der Waals surface area contributed by atoms with Crippen molar-refractivity contribution in [2.24, 2.45) is 0 Å². The van der Waals surface area contributed by atoms with Gasteiger partial charge in [-0.15, -0.1) is 11.8 Å². The molecule has 2 aliphatic rings. The molecular weight excluding hydrogens is 394 g/mol. The van der Waals surface area contributed by atoms with Crippen LogP contribution in [0, 0.1) is 0 Å². The van der Waals surface area contributed by atoms with Crippen LogP contribution in [0.4, 0.5) is 5.69 Å². The van der Waals surface area contributed by atoms with E-state index in [0.29, 0.717) is 12.0 Å². The number of carbonyl (C=O) groups excluding carboxylic acids is 2. The second-order valence-corrected chi connectivity index (χ2v) is 9.07. The van der Waals surface area contributed by atoms with Gasteiger partial charge in [0.2, 0.25) is 5.91 Å². The van der Waals surface area contributed by atoms with E-state index < -0.39 is 0 Å². The summed E-state index contributed by atoms with van der Waals surface area (Å²) >= 11 is 1.66. The van der Waals surface area contributed by atoms with Gasteiger partial charge < -0.3 is 15.1 Å². The molecule has 2 amide bonds. The molecule has 0 saturated carbocycles. The SMILES string of the molecule is O=C1CCSc2ccc(C(=O)N3CCCN(CCCc4ccccc4)CC3)cc2N1. The smallest absolute Gasteiger partial charge is 0.253 e. The van der Waals surface area contributed by atoms with Crippen molar-refractivity contribution >= 4 is 29.3 Å². The summed E-state index contributed by atoms with van der Waals surface area (Å²) in [4.78, 5) is 30.4. The highest BCUT2D eigenvalue weighted by Crippen LogP contribution is 2.31. The average Bonchev–Trinajstić information content (AvgIpc) is 3.11. The molecule has 2 aliphatic heterocycles. The number of anilines is 1. The Morgan fingerprint density at radius 2 is 1.90 bits per heavy atom. The van der Waals surface area contributed by atoms with Gasteiger partial charge in [0.15, 0.2) is 0 Å². The first-order chi connectivity index (χ1) is 14.7. The number of hydrogen-bond donors (Lipinski definition) is 1. The predicted molar refractivity (Wildman–Crippen MR) is 122 cm³/mol. The molecule has 30 heavy (non-hydrogen) atoms. The highest BCUT2D eigenvalue weighted by molar-refractivity contribution is 7.99. The fourth-order valence-electron chi connectivity index (χ4n) is 4.08. The zero-order valence-electron chi connectivity index (χ0n) is 17.3. The lowest BCUT2D eigenvalue weighted by Gasteiger charge is -2.22. The molecule has 0 spiro atoms. The maximum absolute atomic E-state index is 13.1. The second kappa shape index (κ2) is 10.1. The van der Waals surface area contributed by atoms with E-state index in [1.807, 2.05) is 23.1 Å². The Hall–Kier alpha value is -2.31. The van der Waals surface area contributed by atoms with Crippen molar-refractivity contribution in [3.63, 3.8) is 0 Å². The number of hydrogen-bond acceptors (Lipinski definition) is 4. The van der Waals surface area contributed by atoms with Crippen LogP contribution in [0.5, 0.6) is 0 Å². The topological polar surface area (TPSA) is 52.7 Å². The molecule has 2 heterocycles. The number of carbonyl (C=O) groups is 2. The molecule has 0 aromatic heterocycles. The van der Waals surface area contributed by atoms with E-state index in [2.05, 4.69) is 40.5 Å². The molecular formula is C24H29N3O2S. The highest BCUT2D eigenvalue weighted by Gasteiger charge is 2.22. The van der Waals surface area contributed by atoms with Crippen molar-refractivity contribution in [3.8, 4) is 0 Å². The first kappa shape index (κ1) is 20.9. The average molecular weight is 424 g/mol. The van der Waals surface area contributed by atoms with E-state index in [9.17, 15) is 9.59 Å². The zero-order valence-corrected chi connectivity index (χ0v) is 18.1. The van der Waals surface area contributed by atoms with E-state index in [4.69, 9.17) is 0 Å². The molecule has 0 bridgehead atoms. The van der Waals surface area contributed by atoms with Crippen LogP contribution in [-0.4, -0.2) is 60.1 Å². The number of rotatable bonds is 5. The molecule has 0 aliphatic carbocycles. The monoisotopic (exact) mass is 423 g/mol. The van der Waals surface area contributed by atoms with Crippen LogP contribution in [0.3, 0.4) is 0 Å². The third-order valence-corrected chi connectivity index (χ3v) is 6.82. The zero-order chi connectivity index (χ0) is 20.8. The van der Waals surface area contributed by atoms with Crippen LogP contribution >= 0.6 is 11.8 Å².